The van der Waals surface area contributed by atoms with Crippen LogP contribution in [0.2, 0.25) is 0 Å². The quantitative estimate of drug-likeness (QED) is 0.846. The third-order valence-corrected chi connectivity index (χ3v) is 6.73. The van der Waals surface area contributed by atoms with Crippen molar-refractivity contribution in [3.8, 4) is 0 Å². The van der Waals surface area contributed by atoms with Gasteiger partial charge in [-0.2, -0.15) is 0 Å². The molecule has 0 atom stereocenters. The van der Waals surface area contributed by atoms with Crippen LogP contribution in [0.3, 0.4) is 0 Å². The molecule has 0 fully saturated rings. The molecule has 0 unspecified atom stereocenters. The van der Waals surface area contributed by atoms with Gasteiger partial charge in [-0.15, -0.1) is 0 Å². The standard InChI is InChI=1S/C16H18FNO4S2/c1-3-23(19,20)14-5-7-15(8-6-14)24(21,22)18-11-13-4-9-16(17)12(2)10-13/h4-10,18H,3,11H2,1-2H3. The van der Waals surface area contributed by atoms with E-state index in [1.54, 1.807) is 13.0 Å². The first kappa shape index (κ1) is 18.6. The second kappa shape index (κ2) is 7.00. The number of halogens is 1. The molecule has 0 radical (unpaired) electrons. The van der Waals surface area contributed by atoms with Gasteiger partial charge in [0.15, 0.2) is 9.84 Å². The van der Waals surface area contributed by atoms with Crippen molar-refractivity contribution in [1.82, 2.24) is 4.72 Å². The number of hydrogen-bond acceptors (Lipinski definition) is 4. The number of sulfonamides is 1. The van der Waals surface area contributed by atoms with Crippen molar-refractivity contribution in [3.63, 3.8) is 0 Å². The van der Waals surface area contributed by atoms with Crippen molar-refractivity contribution in [2.45, 2.75) is 30.2 Å². The zero-order chi connectivity index (χ0) is 18.0. The molecular formula is C16H18FNO4S2. The highest BCUT2D eigenvalue weighted by Gasteiger charge is 2.16. The van der Waals surface area contributed by atoms with E-state index in [9.17, 15) is 21.2 Å². The number of rotatable bonds is 6. The topological polar surface area (TPSA) is 80.3 Å². The lowest BCUT2D eigenvalue weighted by Gasteiger charge is -2.09. The summed E-state index contributed by atoms with van der Waals surface area (Å²) in [5, 5.41) is 0. The highest BCUT2D eigenvalue weighted by atomic mass is 32.2. The van der Waals surface area contributed by atoms with Crippen LogP contribution in [0, 0.1) is 12.7 Å². The van der Waals surface area contributed by atoms with Crippen LogP contribution in [0.25, 0.3) is 0 Å². The predicted molar refractivity (Wildman–Crippen MR) is 89.3 cm³/mol. The van der Waals surface area contributed by atoms with Gasteiger partial charge in [0.1, 0.15) is 5.82 Å². The van der Waals surface area contributed by atoms with Gasteiger partial charge in [-0.1, -0.05) is 19.1 Å². The summed E-state index contributed by atoms with van der Waals surface area (Å²) in [6.07, 6.45) is 0. The third kappa shape index (κ3) is 4.19. The summed E-state index contributed by atoms with van der Waals surface area (Å²) in [6.45, 7) is 3.13. The van der Waals surface area contributed by atoms with Gasteiger partial charge >= 0.3 is 0 Å². The molecule has 2 rings (SSSR count). The Hall–Kier alpha value is -1.77. The van der Waals surface area contributed by atoms with Crippen molar-refractivity contribution in [3.05, 3.63) is 59.4 Å². The van der Waals surface area contributed by atoms with Gasteiger partial charge in [0, 0.05) is 6.54 Å². The molecule has 2 aromatic carbocycles. The number of nitrogens with one attached hydrogen (secondary N) is 1. The van der Waals surface area contributed by atoms with Crippen LogP contribution >= 0.6 is 0 Å². The fourth-order valence-electron chi connectivity index (χ4n) is 2.07. The third-order valence-electron chi connectivity index (χ3n) is 3.56. The zero-order valence-electron chi connectivity index (χ0n) is 13.3. The van der Waals surface area contributed by atoms with E-state index >= 15 is 0 Å². The van der Waals surface area contributed by atoms with Crippen molar-refractivity contribution in [1.29, 1.82) is 0 Å². The lowest BCUT2D eigenvalue weighted by molar-refractivity contribution is 0.580. The largest absolute Gasteiger partial charge is 0.240 e. The Morgan fingerprint density at radius 2 is 1.54 bits per heavy atom. The van der Waals surface area contributed by atoms with Gasteiger partial charge in [0.2, 0.25) is 10.0 Å². The summed E-state index contributed by atoms with van der Waals surface area (Å²) < 4.78 is 63.6. The van der Waals surface area contributed by atoms with Crippen LogP contribution in [0.1, 0.15) is 18.1 Å². The minimum atomic E-state index is -3.79. The fraction of sp³-hybridized carbons (Fsp3) is 0.250. The van der Waals surface area contributed by atoms with Crippen LogP contribution in [0.4, 0.5) is 4.39 Å². The van der Waals surface area contributed by atoms with E-state index in [2.05, 4.69) is 4.72 Å². The van der Waals surface area contributed by atoms with E-state index in [0.29, 0.717) is 11.1 Å². The summed E-state index contributed by atoms with van der Waals surface area (Å²) in [6, 6.07) is 9.40. The number of hydrogen-bond donors (Lipinski definition) is 1. The van der Waals surface area contributed by atoms with Crippen LogP contribution in [0.5, 0.6) is 0 Å². The lowest BCUT2D eigenvalue weighted by atomic mass is 10.1. The molecule has 0 heterocycles. The zero-order valence-corrected chi connectivity index (χ0v) is 14.9. The number of benzene rings is 2. The summed E-state index contributed by atoms with van der Waals surface area (Å²) in [5.41, 5.74) is 1.06. The van der Waals surface area contributed by atoms with Gasteiger partial charge in [-0.05, 0) is 48.4 Å². The first-order chi connectivity index (χ1) is 11.2. The molecule has 0 bridgehead atoms. The Morgan fingerprint density at radius 1 is 0.958 bits per heavy atom. The second-order valence-corrected chi connectivity index (χ2v) is 9.33. The van der Waals surface area contributed by atoms with E-state index < -0.39 is 19.9 Å². The highest BCUT2D eigenvalue weighted by Crippen LogP contribution is 2.16. The van der Waals surface area contributed by atoms with Crippen molar-refractivity contribution in [2.24, 2.45) is 0 Å². The fourth-order valence-corrected chi connectivity index (χ4v) is 3.97. The van der Waals surface area contributed by atoms with Crippen LogP contribution in [0.15, 0.2) is 52.3 Å². The van der Waals surface area contributed by atoms with Crippen molar-refractivity contribution in [2.75, 3.05) is 5.75 Å². The Kier molecular flexibility index (Phi) is 5.42. The molecule has 0 saturated heterocycles. The molecule has 130 valence electrons. The van der Waals surface area contributed by atoms with E-state index in [0.717, 1.165) is 0 Å². The molecule has 2 aromatic rings. The maximum absolute atomic E-state index is 13.2. The van der Waals surface area contributed by atoms with Crippen molar-refractivity contribution < 1.29 is 21.2 Å². The van der Waals surface area contributed by atoms with E-state index in [4.69, 9.17) is 0 Å². The SMILES string of the molecule is CCS(=O)(=O)c1ccc(S(=O)(=O)NCc2ccc(F)c(C)c2)cc1. The maximum Gasteiger partial charge on any atom is 0.240 e. The molecule has 0 amide bonds. The Morgan fingerprint density at radius 3 is 2.08 bits per heavy atom. The molecule has 0 aromatic heterocycles. The highest BCUT2D eigenvalue weighted by molar-refractivity contribution is 7.91. The molecule has 0 aliphatic heterocycles. The average Bonchev–Trinajstić information content (AvgIpc) is 2.56. The summed E-state index contributed by atoms with van der Waals surface area (Å²) >= 11 is 0. The first-order valence-electron chi connectivity index (χ1n) is 7.23. The van der Waals surface area contributed by atoms with Gasteiger partial charge < -0.3 is 0 Å². The molecule has 0 spiro atoms. The average molecular weight is 371 g/mol. The van der Waals surface area contributed by atoms with E-state index in [1.165, 1.54) is 43.3 Å². The molecule has 8 heteroatoms. The van der Waals surface area contributed by atoms with E-state index in [-0.39, 0.29) is 27.9 Å². The Labute approximate surface area is 141 Å². The minimum Gasteiger partial charge on any atom is -0.224 e. The number of aryl methyl sites for hydroxylation is 1. The van der Waals surface area contributed by atoms with Crippen LogP contribution in [-0.4, -0.2) is 22.6 Å². The van der Waals surface area contributed by atoms with E-state index in [1.807, 2.05) is 0 Å². The molecule has 0 saturated carbocycles. The molecule has 24 heavy (non-hydrogen) atoms. The van der Waals surface area contributed by atoms with Gasteiger partial charge in [-0.25, -0.2) is 25.9 Å². The van der Waals surface area contributed by atoms with Crippen LogP contribution in [-0.2, 0) is 26.4 Å². The molecule has 5 nitrogen and oxygen atoms in total. The van der Waals surface area contributed by atoms with Gasteiger partial charge in [0.25, 0.3) is 0 Å². The van der Waals surface area contributed by atoms with Crippen LogP contribution < -0.4 is 4.72 Å². The Balaban J connectivity index is 2.17. The van der Waals surface area contributed by atoms with Gasteiger partial charge in [-0.3, -0.25) is 0 Å². The smallest absolute Gasteiger partial charge is 0.224 e. The maximum atomic E-state index is 13.2. The molecule has 0 aliphatic rings. The predicted octanol–water partition coefficient (Wildman–Crippen LogP) is 2.41. The normalized spacial score (nSPS) is 12.3. The molecule has 1 N–H and O–H groups in total. The van der Waals surface area contributed by atoms with Gasteiger partial charge in [0.05, 0.1) is 15.5 Å². The summed E-state index contributed by atoms with van der Waals surface area (Å²) in [4.78, 5) is 0.0505. The lowest BCUT2D eigenvalue weighted by Crippen LogP contribution is -2.23. The first-order valence-corrected chi connectivity index (χ1v) is 10.4. The molecular weight excluding hydrogens is 353 g/mol. The second-order valence-electron chi connectivity index (χ2n) is 5.28. The van der Waals surface area contributed by atoms with Crippen molar-refractivity contribution >= 4 is 19.9 Å². The minimum absolute atomic E-state index is 0.0124. The summed E-state index contributed by atoms with van der Waals surface area (Å²) in [7, 11) is -7.16. The molecule has 0 aliphatic carbocycles. The summed E-state index contributed by atoms with van der Waals surface area (Å²) in [5.74, 6) is -0.407. The number of sulfone groups is 1. The monoisotopic (exact) mass is 371 g/mol. The Bertz CT molecular complexity index is 937.